The fourth-order valence-corrected chi connectivity index (χ4v) is 1.46. The summed E-state index contributed by atoms with van der Waals surface area (Å²) >= 11 is 0. The average Bonchev–Trinajstić information content (AvgIpc) is 2.25. The molecule has 0 aromatic heterocycles. The van der Waals surface area contributed by atoms with Crippen LogP contribution in [0.2, 0.25) is 0 Å². The summed E-state index contributed by atoms with van der Waals surface area (Å²) in [6.07, 6.45) is 1.11. The maximum Gasteiger partial charge on any atom is 0.119 e. The predicted octanol–water partition coefficient (Wildman–Crippen LogP) is 2.36. The lowest BCUT2D eigenvalue weighted by Crippen LogP contribution is -2.05. The van der Waals surface area contributed by atoms with Gasteiger partial charge in [0.05, 0.1) is 13.4 Å². The summed E-state index contributed by atoms with van der Waals surface area (Å²) < 4.78 is 17.5. The van der Waals surface area contributed by atoms with Crippen LogP contribution in [0.3, 0.4) is 0 Å². The van der Waals surface area contributed by atoms with Crippen LogP contribution in [0.4, 0.5) is 4.39 Å². The number of ether oxygens (including phenoxy) is 1. The summed E-state index contributed by atoms with van der Waals surface area (Å²) in [5, 5.41) is 0. The molecule has 0 aliphatic carbocycles. The summed E-state index contributed by atoms with van der Waals surface area (Å²) in [6, 6.07) is 5.83. The minimum absolute atomic E-state index is 0.243. The zero-order valence-corrected chi connectivity index (χ0v) is 9.09. The molecule has 82 valence electrons. The number of hydrogen-bond acceptors (Lipinski definition) is 2. The lowest BCUT2D eigenvalue weighted by molar-refractivity contribution is 0.414. The molecule has 0 heterocycles. The van der Waals surface area contributed by atoms with E-state index in [2.05, 4.69) is 0 Å². The summed E-state index contributed by atoms with van der Waals surface area (Å²) in [5.74, 6) is 0.792. The highest BCUT2D eigenvalue weighted by Gasteiger charge is 2.02. The monoisotopic (exact) mass is 209 g/mol. The second-order valence-electron chi connectivity index (χ2n) is 3.51. The number of benzene rings is 1. The smallest absolute Gasteiger partial charge is 0.119 e. The van der Waals surface area contributed by atoms with Crippen molar-refractivity contribution >= 4 is 0 Å². The predicted molar refractivity (Wildman–Crippen MR) is 59.7 cm³/mol. The standard InChI is InChI=1S/C12H16FNO/c1-9-3-10(5-11(7-13)8-14)6-12(4-9)15-2/h3-4,6-7H,5,8,14H2,1-2H3/b11-7-. The van der Waals surface area contributed by atoms with Gasteiger partial charge >= 0.3 is 0 Å². The van der Waals surface area contributed by atoms with Gasteiger partial charge in [0, 0.05) is 6.54 Å². The van der Waals surface area contributed by atoms with Crippen LogP contribution in [-0.2, 0) is 6.42 Å². The van der Waals surface area contributed by atoms with E-state index < -0.39 is 0 Å². The highest BCUT2D eigenvalue weighted by molar-refractivity contribution is 5.35. The molecular formula is C12H16FNO. The number of aryl methyl sites for hydroxylation is 1. The van der Waals surface area contributed by atoms with Crippen molar-refractivity contribution in [2.75, 3.05) is 13.7 Å². The van der Waals surface area contributed by atoms with Crippen molar-refractivity contribution in [3.8, 4) is 5.75 Å². The van der Waals surface area contributed by atoms with Crippen molar-refractivity contribution in [1.82, 2.24) is 0 Å². The van der Waals surface area contributed by atoms with Gasteiger partial charge in [-0.15, -0.1) is 0 Å². The Kier molecular flexibility index (Phi) is 4.31. The highest BCUT2D eigenvalue weighted by Crippen LogP contribution is 2.18. The van der Waals surface area contributed by atoms with Crippen molar-refractivity contribution in [2.45, 2.75) is 13.3 Å². The number of halogens is 1. The lowest BCUT2D eigenvalue weighted by atomic mass is 10.0. The fraction of sp³-hybridized carbons (Fsp3) is 0.333. The maximum absolute atomic E-state index is 12.4. The molecule has 2 N–H and O–H groups in total. The third-order valence-corrected chi connectivity index (χ3v) is 2.19. The summed E-state index contributed by atoms with van der Waals surface area (Å²) in [5.41, 5.74) is 8.10. The van der Waals surface area contributed by atoms with E-state index in [1.54, 1.807) is 7.11 Å². The van der Waals surface area contributed by atoms with E-state index in [-0.39, 0.29) is 6.54 Å². The summed E-state index contributed by atoms with van der Waals surface area (Å²) in [6.45, 7) is 2.22. The zero-order valence-electron chi connectivity index (χ0n) is 9.09. The van der Waals surface area contributed by atoms with Gasteiger partial charge in [-0.3, -0.25) is 0 Å². The maximum atomic E-state index is 12.4. The third-order valence-electron chi connectivity index (χ3n) is 2.19. The average molecular weight is 209 g/mol. The Hall–Kier alpha value is -1.35. The van der Waals surface area contributed by atoms with Crippen LogP contribution < -0.4 is 10.5 Å². The molecule has 0 amide bonds. The van der Waals surface area contributed by atoms with Crippen molar-refractivity contribution in [2.24, 2.45) is 5.73 Å². The normalized spacial score (nSPS) is 11.6. The van der Waals surface area contributed by atoms with E-state index in [1.165, 1.54) is 0 Å². The minimum atomic E-state index is 0.243. The molecule has 0 saturated heterocycles. The molecule has 1 aromatic rings. The van der Waals surface area contributed by atoms with Crippen molar-refractivity contribution in [3.05, 3.63) is 41.2 Å². The molecule has 1 aromatic carbocycles. The molecule has 0 saturated carbocycles. The topological polar surface area (TPSA) is 35.2 Å². The second-order valence-corrected chi connectivity index (χ2v) is 3.51. The first kappa shape index (κ1) is 11.7. The Morgan fingerprint density at radius 3 is 2.73 bits per heavy atom. The Morgan fingerprint density at radius 2 is 2.20 bits per heavy atom. The molecule has 15 heavy (non-hydrogen) atoms. The summed E-state index contributed by atoms with van der Waals surface area (Å²) in [7, 11) is 1.62. The van der Waals surface area contributed by atoms with Crippen LogP contribution in [0, 0.1) is 6.92 Å². The van der Waals surface area contributed by atoms with Crippen LogP contribution in [0.5, 0.6) is 5.75 Å². The SMILES string of the molecule is COc1cc(C)cc(C/C(=C/F)CN)c1. The number of hydrogen-bond donors (Lipinski definition) is 1. The Balaban J connectivity index is 2.89. The first-order chi connectivity index (χ1) is 7.19. The molecule has 0 aliphatic heterocycles. The minimum Gasteiger partial charge on any atom is -0.497 e. The molecule has 0 bridgehead atoms. The molecule has 0 fully saturated rings. The number of nitrogens with two attached hydrogens (primary N) is 1. The van der Waals surface area contributed by atoms with Crippen molar-refractivity contribution < 1.29 is 9.13 Å². The second kappa shape index (κ2) is 5.51. The first-order valence-corrected chi connectivity index (χ1v) is 4.82. The molecule has 3 heteroatoms. The Morgan fingerprint density at radius 1 is 1.47 bits per heavy atom. The van der Waals surface area contributed by atoms with E-state index in [0.29, 0.717) is 18.3 Å². The summed E-state index contributed by atoms with van der Waals surface area (Å²) in [4.78, 5) is 0. The van der Waals surface area contributed by atoms with Gasteiger partial charge in [-0.25, -0.2) is 4.39 Å². The van der Waals surface area contributed by atoms with Crippen molar-refractivity contribution in [1.29, 1.82) is 0 Å². The van der Waals surface area contributed by atoms with Gasteiger partial charge in [0.15, 0.2) is 0 Å². The fourth-order valence-electron chi connectivity index (χ4n) is 1.46. The molecule has 0 unspecified atom stereocenters. The van der Waals surface area contributed by atoms with Crippen LogP contribution in [0.1, 0.15) is 11.1 Å². The van der Waals surface area contributed by atoms with Gasteiger partial charge in [0.1, 0.15) is 5.75 Å². The van der Waals surface area contributed by atoms with Crippen molar-refractivity contribution in [3.63, 3.8) is 0 Å². The number of methoxy groups -OCH3 is 1. The molecule has 2 nitrogen and oxygen atoms in total. The van der Waals surface area contributed by atoms with Gasteiger partial charge in [-0.05, 0) is 42.2 Å². The van der Waals surface area contributed by atoms with Crippen LogP contribution in [-0.4, -0.2) is 13.7 Å². The molecule has 0 atom stereocenters. The molecule has 0 radical (unpaired) electrons. The van der Waals surface area contributed by atoms with Crippen LogP contribution in [0.25, 0.3) is 0 Å². The largest absolute Gasteiger partial charge is 0.497 e. The molecule has 0 aliphatic rings. The van der Waals surface area contributed by atoms with E-state index in [9.17, 15) is 4.39 Å². The molecular weight excluding hydrogens is 193 g/mol. The van der Waals surface area contributed by atoms with Gasteiger partial charge in [0.25, 0.3) is 0 Å². The van der Waals surface area contributed by atoms with Gasteiger partial charge in [-0.2, -0.15) is 0 Å². The van der Waals surface area contributed by atoms with E-state index >= 15 is 0 Å². The Bertz CT molecular complexity index is 361. The van der Waals surface area contributed by atoms with Crippen LogP contribution >= 0.6 is 0 Å². The van der Waals surface area contributed by atoms with E-state index in [1.807, 2.05) is 25.1 Å². The lowest BCUT2D eigenvalue weighted by Gasteiger charge is -2.07. The number of rotatable bonds is 4. The van der Waals surface area contributed by atoms with Gasteiger partial charge in [-0.1, -0.05) is 6.07 Å². The Labute approximate surface area is 89.6 Å². The van der Waals surface area contributed by atoms with E-state index in [4.69, 9.17) is 10.5 Å². The van der Waals surface area contributed by atoms with Crippen LogP contribution in [0.15, 0.2) is 30.1 Å². The third kappa shape index (κ3) is 3.36. The first-order valence-electron chi connectivity index (χ1n) is 4.82. The molecule has 1 rings (SSSR count). The van der Waals surface area contributed by atoms with Gasteiger partial charge in [0.2, 0.25) is 0 Å². The molecule has 0 spiro atoms. The quantitative estimate of drug-likeness (QED) is 0.826. The highest BCUT2D eigenvalue weighted by atomic mass is 19.1. The van der Waals surface area contributed by atoms with E-state index in [0.717, 1.165) is 16.9 Å². The van der Waals surface area contributed by atoms with Gasteiger partial charge < -0.3 is 10.5 Å². The zero-order chi connectivity index (χ0) is 11.3.